The predicted octanol–water partition coefficient (Wildman–Crippen LogP) is 2.16. The third-order valence-electron chi connectivity index (χ3n) is 3.60. The average molecular weight is 311 g/mol. The molecule has 1 atom stereocenters. The Morgan fingerprint density at radius 3 is 2.71 bits per heavy atom. The minimum atomic E-state index is -0.0463. The van der Waals surface area contributed by atoms with Crippen LogP contribution in [-0.4, -0.2) is 37.7 Å². The van der Waals surface area contributed by atoms with Gasteiger partial charge in [-0.2, -0.15) is 0 Å². The lowest BCUT2D eigenvalue weighted by atomic mass is 10.1. The molecule has 1 fully saturated rings. The van der Waals surface area contributed by atoms with Crippen molar-refractivity contribution in [2.75, 3.05) is 19.7 Å². The minimum absolute atomic E-state index is 0.0463. The van der Waals surface area contributed by atoms with Gasteiger partial charge in [-0.15, -0.1) is 0 Å². The molecule has 0 aromatic heterocycles. The molecule has 1 aliphatic heterocycles. The maximum absolute atomic E-state index is 11.9. The van der Waals surface area contributed by atoms with Gasteiger partial charge in [0.2, 0.25) is 5.91 Å². The SMILES string of the molecule is CC(Cc1ccc(Cl)cc1)NC(=O)COC1CCNCC1. The summed E-state index contributed by atoms with van der Waals surface area (Å²) >= 11 is 5.86. The van der Waals surface area contributed by atoms with Crippen molar-refractivity contribution in [3.05, 3.63) is 34.9 Å². The highest BCUT2D eigenvalue weighted by Crippen LogP contribution is 2.11. The first-order valence-electron chi connectivity index (χ1n) is 7.49. The molecule has 1 saturated heterocycles. The molecule has 1 unspecified atom stereocenters. The molecule has 1 aromatic rings. The smallest absolute Gasteiger partial charge is 0.246 e. The standard InChI is InChI=1S/C16H23ClN2O2/c1-12(10-13-2-4-14(17)5-3-13)19-16(20)11-21-15-6-8-18-9-7-15/h2-5,12,15,18H,6-11H2,1H3,(H,19,20). The fourth-order valence-electron chi connectivity index (χ4n) is 2.50. The fourth-order valence-corrected chi connectivity index (χ4v) is 2.62. The normalized spacial score (nSPS) is 17.4. The van der Waals surface area contributed by atoms with E-state index in [1.807, 2.05) is 31.2 Å². The van der Waals surface area contributed by atoms with Crippen molar-refractivity contribution in [1.29, 1.82) is 0 Å². The van der Waals surface area contributed by atoms with E-state index in [4.69, 9.17) is 16.3 Å². The maximum Gasteiger partial charge on any atom is 0.246 e. The number of carbonyl (C=O) groups excluding carboxylic acids is 1. The second kappa shape index (κ2) is 8.37. The molecule has 21 heavy (non-hydrogen) atoms. The third kappa shape index (κ3) is 6.04. The van der Waals surface area contributed by atoms with Crippen molar-refractivity contribution in [2.45, 2.75) is 38.3 Å². The molecule has 4 nitrogen and oxygen atoms in total. The molecule has 0 bridgehead atoms. The molecule has 0 aliphatic carbocycles. The molecule has 1 aliphatic rings. The van der Waals surface area contributed by atoms with Crippen molar-refractivity contribution in [1.82, 2.24) is 10.6 Å². The van der Waals surface area contributed by atoms with Crippen LogP contribution < -0.4 is 10.6 Å². The van der Waals surface area contributed by atoms with Crippen molar-refractivity contribution >= 4 is 17.5 Å². The number of hydrogen-bond donors (Lipinski definition) is 2. The van der Waals surface area contributed by atoms with Gasteiger partial charge < -0.3 is 15.4 Å². The van der Waals surface area contributed by atoms with E-state index >= 15 is 0 Å². The summed E-state index contributed by atoms with van der Waals surface area (Å²) in [6.45, 7) is 4.09. The lowest BCUT2D eigenvalue weighted by Crippen LogP contribution is -2.39. The summed E-state index contributed by atoms with van der Waals surface area (Å²) in [6.07, 6.45) is 2.96. The van der Waals surface area contributed by atoms with Crippen LogP contribution >= 0.6 is 11.6 Å². The van der Waals surface area contributed by atoms with Crippen molar-refractivity contribution in [3.63, 3.8) is 0 Å². The minimum Gasteiger partial charge on any atom is -0.368 e. The zero-order chi connectivity index (χ0) is 15.1. The van der Waals surface area contributed by atoms with Gasteiger partial charge in [-0.3, -0.25) is 4.79 Å². The molecule has 5 heteroatoms. The number of carbonyl (C=O) groups is 1. The van der Waals surface area contributed by atoms with E-state index in [-0.39, 0.29) is 24.7 Å². The summed E-state index contributed by atoms with van der Waals surface area (Å²) in [4.78, 5) is 11.9. The number of amides is 1. The summed E-state index contributed by atoms with van der Waals surface area (Å²) in [5, 5.41) is 6.97. The topological polar surface area (TPSA) is 50.4 Å². The zero-order valence-corrected chi connectivity index (χ0v) is 13.2. The monoisotopic (exact) mass is 310 g/mol. The summed E-state index contributed by atoms with van der Waals surface area (Å²) in [5.41, 5.74) is 1.16. The van der Waals surface area contributed by atoms with Crippen LogP contribution in [0.1, 0.15) is 25.3 Å². The predicted molar refractivity (Wildman–Crippen MR) is 84.6 cm³/mol. The van der Waals surface area contributed by atoms with E-state index < -0.39 is 0 Å². The van der Waals surface area contributed by atoms with Crippen LogP contribution in [0.3, 0.4) is 0 Å². The van der Waals surface area contributed by atoms with Crippen LogP contribution in [0.5, 0.6) is 0 Å². The van der Waals surface area contributed by atoms with Crippen LogP contribution in [0.25, 0.3) is 0 Å². The van der Waals surface area contributed by atoms with Crippen molar-refractivity contribution < 1.29 is 9.53 Å². The Balaban J connectivity index is 1.67. The van der Waals surface area contributed by atoms with Crippen LogP contribution in [0.15, 0.2) is 24.3 Å². The maximum atomic E-state index is 11.9. The van der Waals surface area contributed by atoms with Crippen LogP contribution in [0.2, 0.25) is 5.02 Å². The number of rotatable bonds is 6. The molecule has 2 N–H and O–H groups in total. The highest BCUT2D eigenvalue weighted by Gasteiger charge is 2.15. The molecule has 1 amide bonds. The van der Waals surface area contributed by atoms with E-state index in [9.17, 15) is 4.79 Å². The quantitative estimate of drug-likeness (QED) is 0.846. The Morgan fingerprint density at radius 1 is 1.38 bits per heavy atom. The summed E-state index contributed by atoms with van der Waals surface area (Å²) in [7, 11) is 0. The zero-order valence-electron chi connectivity index (χ0n) is 12.4. The molecule has 0 spiro atoms. The number of benzene rings is 1. The number of halogens is 1. The second-order valence-corrected chi connectivity index (χ2v) is 6.00. The fraction of sp³-hybridized carbons (Fsp3) is 0.562. The Hall–Kier alpha value is -1.10. The first-order valence-corrected chi connectivity index (χ1v) is 7.87. The number of ether oxygens (including phenoxy) is 1. The van der Waals surface area contributed by atoms with Crippen molar-refractivity contribution in [2.24, 2.45) is 0 Å². The number of nitrogens with one attached hydrogen (secondary N) is 2. The van der Waals surface area contributed by atoms with Crippen LogP contribution in [0.4, 0.5) is 0 Å². The molecule has 2 rings (SSSR count). The van der Waals surface area contributed by atoms with Gasteiger partial charge in [0.05, 0.1) is 6.10 Å². The van der Waals surface area contributed by atoms with Crippen molar-refractivity contribution in [3.8, 4) is 0 Å². The number of hydrogen-bond acceptors (Lipinski definition) is 3. The first-order chi connectivity index (χ1) is 10.1. The highest BCUT2D eigenvalue weighted by atomic mass is 35.5. The van der Waals surface area contributed by atoms with Gasteiger partial charge in [-0.05, 0) is 57.0 Å². The molecule has 0 saturated carbocycles. The van der Waals surface area contributed by atoms with E-state index in [2.05, 4.69) is 10.6 Å². The molecule has 116 valence electrons. The van der Waals surface area contributed by atoms with E-state index in [1.165, 1.54) is 0 Å². The largest absolute Gasteiger partial charge is 0.368 e. The van der Waals surface area contributed by atoms with E-state index in [0.717, 1.165) is 42.9 Å². The number of piperidine rings is 1. The lowest BCUT2D eigenvalue weighted by Gasteiger charge is -2.23. The summed E-state index contributed by atoms with van der Waals surface area (Å²) < 4.78 is 5.64. The molecule has 1 aromatic carbocycles. The molecule has 0 radical (unpaired) electrons. The summed E-state index contributed by atoms with van der Waals surface area (Å²) in [5.74, 6) is -0.0463. The third-order valence-corrected chi connectivity index (χ3v) is 3.85. The van der Waals surface area contributed by atoms with Gasteiger partial charge in [0.15, 0.2) is 0 Å². The molecular formula is C16H23ClN2O2. The van der Waals surface area contributed by atoms with Crippen LogP contribution in [-0.2, 0) is 16.0 Å². The van der Waals surface area contributed by atoms with Gasteiger partial charge in [0, 0.05) is 11.1 Å². The molecular weight excluding hydrogens is 288 g/mol. The lowest BCUT2D eigenvalue weighted by molar-refractivity contribution is -0.128. The Morgan fingerprint density at radius 2 is 2.05 bits per heavy atom. The second-order valence-electron chi connectivity index (χ2n) is 5.56. The van der Waals surface area contributed by atoms with E-state index in [1.54, 1.807) is 0 Å². The molecule has 1 heterocycles. The van der Waals surface area contributed by atoms with Gasteiger partial charge in [-0.1, -0.05) is 23.7 Å². The average Bonchev–Trinajstić information content (AvgIpc) is 2.48. The first kappa shape index (κ1) is 16.3. The Labute approximate surface area is 131 Å². The summed E-state index contributed by atoms with van der Waals surface area (Å²) in [6, 6.07) is 7.78. The van der Waals surface area contributed by atoms with Crippen LogP contribution in [0, 0.1) is 0 Å². The Bertz CT molecular complexity index is 444. The van der Waals surface area contributed by atoms with Gasteiger partial charge in [0.1, 0.15) is 6.61 Å². The van der Waals surface area contributed by atoms with Gasteiger partial charge >= 0.3 is 0 Å². The highest BCUT2D eigenvalue weighted by molar-refractivity contribution is 6.30. The van der Waals surface area contributed by atoms with E-state index in [0.29, 0.717) is 0 Å². The van der Waals surface area contributed by atoms with Gasteiger partial charge in [-0.25, -0.2) is 0 Å². The Kier molecular flexibility index (Phi) is 6.49. The van der Waals surface area contributed by atoms with Gasteiger partial charge in [0.25, 0.3) is 0 Å².